The Labute approximate surface area is 145 Å². The van der Waals surface area contributed by atoms with Gasteiger partial charge in [0.1, 0.15) is 0 Å². The average Bonchev–Trinajstić information content (AvgIpc) is 3.15. The van der Waals surface area contributed by atoms with Gasteiger partial charge in [0.15, 0.2) is 0 Å². The predicted molar refractivity (Wildman–Crippen MR) is 94.8 cm³/mol. The van der Waals surface area contributed by atoms with Gasteiger partial charge in [0, 0.05) is 25.7 Å². The molecule has 0 N–H and O–H groups in total. The minimum absolute atomic E-state index is 0.0537. The van der Waals surface area contributed by atoms with Gasteiger partial charge in [0.25, 0.3) is 0 Å². The topological polar surface area (TPSA) is 23.6 Å². The quantitative estimate of drug-likeness (QED) is 0.853. The highest BCUT2D eigenvalue weighted by molar-refractivity contribution is 5.84. The number of nitrogens with zero attached hydrogens (tertiary/aromatic N) is 2. The number of carbonyl (C=O) groups is 1. The van der Waals surface area contributed by atoms with Gasteiger partial charge < -0.3 is 4.90 Å². The van der Waals surface area contributed by atoms with Crippen molar-refractivity contribution in [1.29, 1.82) is 0 Å². The number of hydrogen-bond acceptors (Lipinski definition) is 2. The molecule has 3 fully saturated rings. The lowest BCUT2D eigenvalue weighted by molar-refractivity contribution is -0.146. The molecule has 5 rings (SSSR count). The van der Waals surface area contributed by atoms with Gasteiger partial charge >= 0.3 is 0 Å². The Hall–Kier alpha value is -1.35. The summed E-state index contributed by atoms with van der Waals surface area (Å²) in [5.74, 6) is 1.30. The highest BCUT2D eigenvalue weighted by Gasteiger charge is 2.50. The molecule has 0 aromatic heterocycles. The van der Waals surface area contributed by atoms with Crippen LogP contribution in [-0.4, -0.2) is 47.9 Å². The highest BCUT2D eigenvalue weighted by Crippen LogP contribution is 2.43. The Balaban J connectivity index is 1.29. The summed E-state index contributed by atoms with van der Waals surface area (Å²) >= 11 is 0. The molecule has 1 atom stereocenters. The maximum Gasteiger partial charge on any atom is 0.230 e. The number of fused-ring (bicyclic) bond motifs is 1. The molecule has 1 amide bonds. The second kappa shape index (κ2) is 5.59. The molecule has 2 saturated heterocycles. The fourth-order valence-corrected chi connectivity index (χ4v) is 5.33. The molecule has 1 aromatic rings. The summed E-state index contributed by atoms with van der Waals surface area (Å²) in [7, 11) is 0. The van der Waals surface area contributed by atoms with E-state index in [1.165, 1.54) is 43.2 Å². The van der Waals surface area contributed by atoms with E-state index in [0.29, 0.717) is 11.9 Å². The van der Waals surface area contributed by atoms with E-state index in [1.54, 1.807) is 0 Å². The fraction of sp³-hybridized carbons (Fsp3) is 0.667. The zero-order chi connectivity index (χ0) is 16.1. The zero-order valence-corrected chi connectivity index (χ0v) is 14.5. The lowest BCUT2D eigenvalue weighted by atomic mass is 9.78. The summed E-state index contributed by atoms with van der Waals surface area (Å²) in [6, 6.07) is 9.50. The van der Waals surface area contributed by atoms with E-state index in [9.17, 15) is 4.79 Å². The van der Waals surface area contributed by atoms with Crippen LogP contribution in [-0.2, 0) is 17.6 Å². The monoisotopic (exact) mass is 324 g/mol. The highest BCUT2D eigenvalue weighted by atomic mass is 16.2. The van der Waals surface area contributed by atoms with Crippen LogP contribution in [0.15, 0.2) is 24.3 Å². The summed E-state index contributed by atoms with van der Waals surface area (Å²) in [6.07, 6.45) is 8.42. The van der Waals surface area contributed by atoms with Gasteiger partial charge in [-0.25, -0.2) is 0 Å². The number of rotatable bonds is 3. The smallest absolute Gasteiger partial charge is 0.230 e. The van der Waals surface area contributed by atoms with E-state index in [1.807, 2.05) is 0 Å². The van der Waals surface area contributed by atoms with Gasteiger partial charge in [-0.2, -0.15) is 0 Å². The lowest BCUT2D eigenvalue weighted by Crippen LogP contribution is -2.51. The molecule has 0 bridgehead atoms. The van der Waals surface area contributed by atoms with Gasteiger partial charge in [-0.1, -0.05) is 24.3 Å². The van der Waals surface area contributed by atoms with Crippen molar-refractivity contribution in [3.8, 4) is 0 Å². The third-order valence-corrected chi connectivity index (χ3v) is 6.93. The Morgan fingerprint density at radius 1 is 1.04 bits per heavy atom. The maximum absolute atomic E-state index is 13.2. The van der Waals surface area contributed by atoms with Crippen LogP contribution in [0, 0.1) is 11.3 Å². The van der Waals surface area contributed by atoms with Crippen molar-refractivity contribution < 1.29 is 4.79 Å². The molecule has 3 heteroatoms. The molecule has 2 aliphatic heterocycles. The van der Waals surface area contributed by atoms with Crippen molar-refractivity contribution in [2.24, 2.45) is 11.3 Å². The lowest BCUT2D eigenvalue weighted by Gasteiger charge is -2.40. The average molecular weight is 324 g/mol. The molecule has 0 unspecified atom stereocenters. The molecule has 2 heterocycles. The number of carbonyl (C=O) groups excluding carboxylic acids is 1. The Bertz CT molecular complexity index is 628. The van der Waals surface area contributed by atoms with Crippen LogP contribution < -0.4 is 0 Å². The van der Waals surface area contributed by atoms with Gasteiger partial charge in [0.05, 0.1) is 5.41 Å². The Morgan fingerprint density at radius 3 is 2.50 bits per heavy atom. The predicted octanol–water partition coefficient (Wildman–Crippen LogP) is 2.88. The maximum atomic E-state index is 13.2. The van der Waals surface area contributed by atoms with Gasteiger partial charge in [-0.15, -0.1) is 0 Å². The van der Waals surface area contributed by atoms with Crippen molar-refractivity contribution in [3.05, 3.63) is 35.4 Å². The van der Waals surface area contributed by atoms with Crippen molar-refractivity contribution in [2.75, 3.05) is 26.2 Å². The first-order chi connectivity index (χ1) is 11.7. The van der Waals surface area contributed by atoms with E-state index in [4.69, 9.17) is 0 Å². The van der Waals surface area contributed by atoms with Gasteiger partial charge in [-0.3, -0.25) is 9.69 Å². The van der Waals surface area contributed by atoms with Crippen LogP contribution in [0.4, 0.5) is 0 Å². The SMILES string of the molecule is O=C1N(CC2CC2)CCC[C@]12CCN(C1Cc3ccccc3C1)C2. The molecule has 1 spiro atoms. The van der Waals surface area contributed by atoms with Crippen molar-refractivity contribution in [3.63, 3.8) is 0 Å². The van der Waals surface area contributed by atoms with E-state index in [0.717, 1.165) is 44.9 Å². The van der Waals surface area contributed by atoms with Crippen LogP contribution in [0.3, 0.4) is 0 Å². The zero-order valence-electron chi connectivity index (χ0n) is 14.5. The first-order valence-electron chi connectivity index (χ1n) is 9.84. The minimum Gasteiger partial charge on any atom is -0.342 e. The van der Waals surface area contributed by atoms with Crippen molar-refractivity contribution in [2.45, 2.75) is 51.0 Å². The molecule has 0 radical (unpaired) electrons. The molecule has 2 aliphatic carbocycles. The molecule has 4 aliphatic rings. The van der Waals surface area contributed by atoms with Crippen molar-refractivity contribution >= 4 is 5.91 Å². The summed E-state index contributed by atoms with van der Waals surface area (Å²) in [5, 5.41) is 0. The molecule has 1 saturated carbocycles. The normalized spacial score (nSPS) is 31.2. The van der Waals surface area contributed by atoms with E-state index < -0.39 is 0 Å². The summed E-state index contributed by atoms with van der Waals surface area (Å²) in [4.78, 5) is 18.0. The molecule has 128 valence electrons. The summed E-state index contributed by atoms with van der Waals surface area (Å²) < 4.78 is 0. The van der Waals surface area contributed by atoms with E-state index in [2.05, 4.69) is 34.1 Å². The number of hydrogen-bond donors (Lipinski definition) is 0. The first-order valence-corrected chi connectivity index (χ1v) is 9.84. The number of benzene rings is 1. The Morgan fingerprint density at radius 2 is 1.79 bits per heavy atom. The van der Waals surface area contributed by atoms with Crippen LogP contribution >= 0.6 is 0 Å². The van der Waals surface area contributed by atoms with Crippen LogP contribution in [0.1, 0.15) is 43.2 Å². The first kappa shape index (κ1) is 14.9. The summed E-state index contributed by atoms with van der Waals surface area (Å²) in [6.45, 7) is 4.16. The molecule has 1 aromatic carbocycles. The third kappa shape index (κ3) is 2.48. The minimum atomic E-state index is -0.0537. The third-order valence-electron chi connectivity index (χ3n) is 6.93. The summed E-state index contributed by atoms with van der Waals surface area (Å²) in [5.41, 5.74) is 2.99. The second-order valence-electron chi connectivity index (χ2n) is 8.63. The van der Waals surface area contributed by atoms with E-state index >= 15 is 0 Å². The standard InChI is InChI=1S/C21H28N2O/c24-20-21(8-3-10-22(20)14-16-6-7-16)9-11-23(15-21)19-12-17-4-1-2-5-18(17)13-19/h1-2,4-5,16,19H,3,6-15H2/t21-/m1/s1. The molecule has 24 heavy (non-hydrogen) atoms. The second-order valence-corrected chi connectivity index (χ2v) is 8.63. The fourth-order valence-electron chi connectivity index (χ4n) is 5.33. The largest absolute Gasteiger partial charge is 0.342 e. The molecular weight excluding hydrogens is 296 g/mol. The number of piperidine rings is 1. The molecule has 3 nitrogen and oxygen atoms in total. The molecular formula is C21H28N2O. The van der Waals surface area contributed by atoms with Crippen LogP contribution in [0.2, 0.25) is 0 Å². The number of likely N-dealkylation sites (tertiary alicyclic amines) is 2. The van der Waals surface area contributed by atoms with Gasteiger partial charge in [-0.05, 0) is 68.5 Å². The number of amides is 1. The van der Waals surface area contributed by atoms with Crippen LogP contribution in [0.25, 0.3) is 0 Å². The van der Waals surface area contributed by atoms with Gasteiger partial charge in [0.2, 0.25) is 5.91 Å². The Kier molecular flexibility index (Phi) is 3.48. The van der Waals surface area contributed by atoms with Crippen LogP contribution in [0.5, 0.6) is 0 Å². The van der Waals surface area contributed by atoms with E-state index in [-0.39, 0.29) is 5.41 Å². The van der Waals surface area contributed by atoms with Crippen molar-refractivity contribution in [1.82, 2.24) is 9.80 Å².